The molecule has 1 aliphatic rings. The van der Waals surface area contributed by atoms with Gasteiger partial charge in [-0.2, -0.15) is 4.98 Å². The molecule has 0 spiro atoms. The van der Waals surface area contributed by atoms with E-state index in [-0.39, 0.29) is 11.2 Å². The summed E-state index contributed by atoms with van der Waals surface area (Å²) in [5.41, 5.74) is 0.799. The molecule has 1 aromatic carbocycles. The van der Waals surface area contributed by atoms with Crippen LogP contribution in [-0.2, 0) is 4.79 Å². The molecule has 104 valence electrons. The Morgan fingerprint density at radius 2 is 2.00 bits per heavy atom. The van der Waals surface area contributed by atoms with Crippen molar-refractivity contribution in [3.63, 3.8) is 0 Å². The molecular weight excluding hydrogens is 276 g/mol. The van der Waals surface area contributed by atoms with Crippen LogP contribution in [0.2, 0.25) is 5.28 Å². The molecule has 0 atom stereocenters. The summed E-state index contributed by atoms with van der Waals surface area (Å²) in [4.78, 5) is 24.3. The van der Waals surface area contributed by atoms with Crippen molar-refractivity contribution in [3.8, 4) is 0 Å². The normalized spacial score (nSPS) is 16.6. The fourth-order valence-electron chi connectivity index (χ4n) is 2.44. The van der Waals surface area contributed by atoms with Crippen molar-refractivity contribution in [2.45, 2.75) is 6.42 Å². The van der Waals surface area contributed by atoms with Gasteiger partial charge >= 0.3 is 0 Å². The summed E-state index contributed by atoms with van der Waals surface area (Å²) in [6.07, 6.45) is 0.915. The van der Waals surface area contributed by atoms with Crippen molar-refractivity contribution < 1.29 is 4.79 Å². The first-order valence-corrected chi connectivity index (χ1v) is 6.94. The van der Waals surface area contributed by atoms with Crippen molar-refractivity contribution in [1.29, 1.82) is 0 Å². The second kappa shape index (κ2) is 5.25. The lowest BCUT2D eigenvalue weighted by atomic mass is 10.2. The summed E-state index contributed by atoms with van der Waals surface area (Å²) in [7, 11) is 1.83. The molecule has 2 aromatic rings. The summed E-state index contributed by atoms with van der Waals surface area (Å²) < 4.78 is 0. The van der Waals surface area contributed by atoms with Gasteiger partial charge in [-0.1, -0.05) is 12.1 Å². The Morgan fingerprint density at radius 1 is 1.20 bits per heavy atom. The van der Waals surface area contributed by atoms with Gasteiger partial charge in [0.05, 0.1) is 12.1 Å². The Bertz CT molecular complexity index is 661. The first kappa shape index (κ1) is 13.1. The molecule has 0 radical (unpaired) electrons. The third-order valence-electron chi connectivity index (χ3n) is 3.53. The van der Waals surface area contributed by atoms with Gasteiger partial charge in [0, 0.05) is 25.5 Å². The molecule has 1 saturated heterocycles. The van der Waals surface area contributed by atoms with Gasteiger partial charge in [-0.3, -0.25) is 4.79 Å². The van der Waals surface area contributed by atoms with Crippen LogP contribution in [0.25, 0.3) is 10.9 Å². The Kier molecular flexibility index (Phi) is 3.44. The summed E-state index contributed by atoms with van der Waals surface area (Å²) >= 11 is 6.00. The highest BCUT2D eigenvalue weighted by Crippen LogP contribution is 2.26. The van der Waals surface area contributed by atoms with E-state index < -0.39 is 0 Å². The molecule has 1 aliphatic heterocycles. The van der Waals surface area contributed by atoms with Gasteiger partial charge in [-0.05, 0) is 30.2 Å². The number of likely N-dealkylation sites (N-methyl/N-ethyl adjacent to an activating group) is 1. The van der Waals surface area contributed by atoms with E-state index in [2.05, 4.69) is 9.97 Å². The number of benzene rings is 1. The van der Waals surface area contributed by atoms with E-state index in [1.165, 1.54) is 0 Å². The molecule has 2 heterocycles. The van der Waals surface area contributed by atoms with Gasteiger partial charge in [-0.25, -0.2) is 4.98 Å². The first-order chi connectivity index (χ1) is 9.65. The minimum atomic E-state index is 0.0984. The molecular formula is C14H15ClN4O. The number of para-hydroxylation sites is 1. The SMILES string of the molecule is CN1CCCN(c2nc(Cl)nc3ccccc23)CC1=O. The number of fused-ring (bicyclic) bond motifs is 1. The number of hydrogen-bond donors (Lipinski definition) is 0. The van der Waals surface area contributed by atoms with Crippen LogP contribution in [0.15, 0.2) is 24.3 Å². The average Bonchev–Trinajstić information content (AvgIpc) is 2.60. The molecule has 0 unspecified atom stereocenters. The second-order valence-corrected chi connectivity index (χ2v) is 5.26. The number of hydrogen-bond acceptors (Lipinski definition) is 4. The van der Waals surface area contributed by atoms with Crippen molar-refractivity contribution in [2.75, 3.05) is 31.6 Å². The maximum absolute atomic E-state index is 12.0. The zero-order valence-corrected chi connectivity index (χ0v) is 12.0. The largest absolute Gasteiger partial charge is 0.347 e. The monoisotopic (exact) mass is 290 g/mol. The predicted octanol–water partition coefficient (Wildman–Crippen LogP) is 1.95. The second-order valence-electron chi connectivity index (χ2n) is 4.92. The van der Waals surface area contributed by atoms with Gasteiger partial charge in [0.2, 0.25) is 11.2 Å². The number of anilines is 1. The lowest BCUT2D eigenvalue weighted by molar-refractivity contribution is -0.127. The number of carbonyl (C=O) groups is 1. The van der Waals surface area contributed by atoms with Crippen LogP contribution in [0.4, 0.5) is 5.82 Å². The summed E-state index contributed by atoms with van der Waals surface area (Å²) in [6, 6.07) is 7.71. The first-order valence-electron chi connectivity index (χ1n) is 6.56. The van der Waals surface area contributed by atoms with Crippen molar-refractivity contribution in [3.05, 3.63) is 29.5 Å². The molecule has 0 saturated carbocycles. The molecule has 1 amide bonds. The van der Waals surface area contributed by atoms with Gasteiger partial charge in [0.15, 0.2) is 0 Å². The Labute approximate surface area is 122 Å². The summed E-state index contributed by atoms with van der Waals surface area (Å²) in [5, 5.41) is 1.14. The van der Waals surface area contributed by atoms with Crippen LogP contribution in [0.3, 0.4) is 0 Å². The molecule has 1 fully saturated rings. The lowest BCUT2D eigenvalue weighted by Gasteiger charge is -2.22. The molecule has 0 bridgehead atoms. The number of rotatable bonds is 1. The smallest absolute Gasteiger partial charge is 0.241 e. The van der Waals surface area contributed by atoms with E-state index in [0.29, 0.717) is 6.54 Å². The number of aromatic nitrogens is 2. The highest BCUT2D eigenvalue weighted by Gasteiger charge is 2.22. The Morgan fingerprint density at radius 3 is 2.85 bits per heavy atom. The third kappa shape index (κ3) is 2.41. The fraction of sp³-hybridized carbons (Fsp3) is 0.357. The van der Waals surface area contributed by atoms with Gasteiger partial charge < -0.3 is 9.80 Å². The maximum Gasteiger partial charge on any atom is 0.241 e. The average molecular weight is 291 g/mol. The van der Waals surface area contributed by atoms with E-state index in [4.69, 9.17) is 11.6 Å². The Hall–Kier alpha value is -1.88. The zero-order chi connectivity index (χ0) is 14.1. The van der Waals surface area contributed by atoms with E-state index in [9.17, 15) is 4.79 Å². The van der Waals surface area contributed by atoms with Crippen LogP contribution >= 0.6 is 11.6 Å². The quantitative estimate of drug-likeness (QED) is 0.753. The zero-order valence-electron chi connectivity index (χ0n) is 11.2. The minimum absolute atomic E-state index is 0.0984. The highest BCUT2D eigenvalue weighted by atomic mass is 35.5. The third-order valence-corrected chi connectivity index (χ3v) is 3.70. The number of carbonyl (C=O) groups excluding carboxylic acids is 1. The van der Waals surface area contributed by atoms with E-state index in [1.54, 1.807) is 4.90 Å². The standard InChI is InChI=1S/C14H15ClN4O/c1-18-7-4-8-19(9-12(18)20)13-10-5-2-3-6-11(10)16-14(15)17-13/h2-3,5-6H,4,7-9H2,1H3. The van der Waals surface area contributed by atoms with E-state index in [1.807, 2.05) is 36.2 Å². The van der Waals surface area contributed by atoms with Crippen LogP contribution < -0.4 is 4.90 Å². The minimum Gasteiger partial charge on any atom is -0.347 e. The summed E-state index contributed by atoms with van der Waals surface area (Å²) in [5.74, 6) is 0.838. The van der Waals surface area contributed by atoms with Gasteiger partial charge in [0.25, 0.3) is 0 Å². The number of amides is 1. The number of halogens is 1. The fourth-order valence-corrected chi connectivity index (χ4v) is 2.61. The van der Waals surface area contributed by atoms with Crippen molar-refractivity contribution in [1.82, 2.24) is 14.9 Å². The predicted molar refractivity (Wildman–Crippen MR) is 79.0 cm³/mol. The van der Waals surface area contributed by atoms with Gasteiger partial charge in [0.1, 0.15) is 5.82 Å². The topological polar surface area (TPSA) is 49.3 Å². The van der Waals surface area contributed by atoms with E-state index in [0.717, 1.165) is 36.2 Å². The van der Waals surface area contributed by atoms with E-state index >= 15 is 0 Å². The highest BCUT2D eigenvalue weighted by molar-refractivity contribution is 6.28. The molecule has 20 heavy (non-hydrogen) atoms. The number of nitrogens with zero attached hydrogens (tertiary/aromatic N) is 4. The van der Waals surface area contributed by atoms with Crippen LogP contribution in [0, 0.1) is 0 Å². The molecule has 1 aromatic heterocycles. The van der Waals surface area contributed by atoms with Crippen LogP contribution in [-0.4, -0.2) is 47.5 Å². The molecule has 3 rings (SSSR count). The molecule has 0 aliphatic carbocycles. The van der Waals surface area contributed by atoms with Gasteiger partial charge in [-0.15, -0.1) is 0 Å². The molecule has 5 nitrogen and oxygen atoms in total. The molecule has 0 N–H and O–H groups in total. The summed E-state index contributed by atoms with van der Waals surface area (Å²) in [6.45, 7) is 1.88. The van der Waals surface area contributed by atoms with Crippen LogP contribution in [0.1, 0.15) is 6.42 Å². The lowest BCUT2D eigenvalue weighted by Crippen LogP contribution is -2.34. The van der Waals surface area contributed by atoms with Crippen molar-refractivity contribution >= 4 is 34.2 Å². The van der Waals surface area contributed by atoms with Crippen molar-refractivity contribution in [2.24, 2.45) is 0 Å². The maximum atomic E-state index is 12.0. The van der Waals surface area contributed by atoms with Crippen LogP contribution in [0.5, 0.6) is 0 Å². The molecule has 6 heteroatoms. The Balaban J connectivity index is 2.07.